The van der Waals surface area contributed by atoms with Gasteiger partial charge in [-0.15, -0.1) is 11.8 Å². The molecule has 0 heterocycles. The first-order valence-corrected chi connectivity index (χ1v) is 7.96. The van der Waals surface area contributed by atoms with Crippen molar-refractivity contribution in [2.24, 2.45) is 11.7 Å². The summed E-state index contributed by atoms with van der Waals surface area (Å²) in [5.41, 5.74) is 8.31. The Morgan fingerprint density at radius 1 is 1.12 bits per heavy atom. The van der Waals surface area contributed by atoms with E-state index in [0.717, 1.165) is 17.4 Å². The molecule has 0 saturated heterocycles. The minimum Gasteiger partial charge on any atom is -0.322 e. The Morgan fingerprint density at radius 2 is 1.75 bits per heavy atom. The Kier molecular flexibility index (Phi) is 7.01. The van der Waals surface area contributed by atoms with E-state index >= 15 is 0 Å². The number of benzene rings is 1. The van der Waals surface area contributed by atoms with Crippen LogP contribution in [0.25, 0.3) is 0 Å². The van der Waals surface area contributed by atoms with Gasteiger partial charge in [-0.2, -0.15) is 11.8 Å². The molecule has 0 saturated carbocycles. The molecular weight excluding hydrogens is 234 g/mol. The van der Waals surface area contributed by atoms with E-state index in [1.54, 1.807) is 11.8 Å². The van der Waals surface area contributed by atoms with E-state index in [4.69, 9.17) is 5.73 Å². The summed E-state index contributed by atoms with van der Waals surface area (Å²) < 4.78 is 0. The molecule has 0 radical (unpaired) electrons. The molecule has 1 aromatic carbocycles. The van der Waals surface area contributed by atoms with Crippen LogP contribution in [-0.2, 0) is 11.5 Å². The van der Waals surface area contributed by atoms with E-state index in [1.807, 2.05) is 11.8 Å². The zero-order valence-corrected chi connectivity index (χ0v) is 11.7. The summed E-state index contributed by atoms with van der Waals surface area (Å²) in [5, 5.41) is 0. The molecule has 0 unspecified atom stereocenters. The Labute approximate surface area is 108 Å². The molecule has 0 aliphatic rings. The Hall–Kier alpha value is -0.120. The van der Waals surface area contributed by atoms with Crippen LogP contribution in [-0.4, -0.2) is 11.6 Å². The van der Waals surface area contributed by atoms with E-state index < -0.39 is 0 Å². The molecule has 1 nitrogen and oxygen atoms in total. The lowest BCUT2D eigenvalue weighted by atomic mass is 10.2. The van der Waals surface area contributed by atoms with Gasteiger partial charge in [-0.3, -0.25) is 0 Å². The summed E-state index contributed by atoms with van der Waals surface area (Å²) in [4.78, 5) is 0. The van der Waals surface area contributed by atoms with Crippen molar-refractivity contribution in [2.45, 2.75) is 25.4 Å². The molecule has 1 rings (SSSR count). The van der Waals surface area contributed by atoms with Crippen LogP contribution in [0.4, 0.5) is 0 Å². The predicted molar refractivity (Wildman–Crippen MR) is 77.8 cm³/mol. The van der Waals surface area contributed by atoms with Gasteiger partial charge in [0.25, 0.3) is 0 Å². The largest absolute Gasteiger partial charge is 0.322 e. The second-order valence-electron chi connectivity index (χ2n) is 4.24. The third kappa shape index (κ3) is 5.83. The van der Waals surface area contributed by atoms with Crippen LogP contribution >= 0.6 is 23.5 Å². The van der Waals surface area contributed by atoms with Crippen molar-refractivity contribution in [3.05, 3.63) is 35.4 Å². The average Bonchev–Trinajstić information content (AvgIpc) is 2.26. The standard InChI is InChI=1S/C13H21NS2/c1-11(2)7-15-8-12-4-3-5-13(6-12)9-16-10-14/h3-6,11H,7-10,14H2,1-2H3. The van der Waals surface area contributed by atoms with Crippen LogP contribution in [0, 0.1) is 5.92 Å². The molecule has 0 aliphatic heterocycles. The van der Waals surface area contributed by atoms with E-state index in [0.29, 0.717) is 5.88 Å². The van der Waals surface area contributed by atoms with Crippen LogP contribution in [0.3, 0.4) is 0 Å². The van der Waals surface area contributed by atoms with Crippen molar-refractivity contribution < 1.29 is 0 Å². The number of hydrogen-bond acceptors (Lipinski definition) is 3. The van der Waals surface area contributed by atoms with Crippen molar-refractivity contribution in [3.63, 3.8) is 0 Å². The minimum atomic E-state index is 0.701. The normalized spacial score (nSPS) is 11.0. The van der Waals surface area contributed by atoms with Gasteiger partial charge in [0.05, 0.1) is 0 Å². The fourth-order valence-corrected chi connectivity index (χ4v) is 2.94. The second-order valence-corrected chi connectivity index (χ2v) is 6.30. The van der Waals surface area contributed by atoms with Gasteiger partial charge in [-0.25, -0.2) is 0 Å². The molecular formula is C13H21NS2. The second kappa shape index (κ2) is 8.04. The van der Waals surface area contributed by atoms with E-state index in [2.05, 4.69) is 38.1 Å². The van der Waals surface area contributed by atoms with E-state index in [9.17, 15) is 0 Å². The minimum absolute atomic E-state index is 0.701. The number of hydrogen-bond donors (Lipinski definition) is 1. The fraction of sp³-hybridized carbons (Fsp3) is 0.538. The highest BCUT2D eigenvalue weighted by Gasteiger charge is 1.98. The molecule has 0 spiro atoms. The first kappa shape index (κ1) is 13.9. The van der Waals surface area contributed by atoms with Gasteiger partial charge in [0.1, 0.15) is 0 Å². The molecule has 16 heavy (non-hydrogen) atoms. The molecule has 1 aromatic rings. The highest BCUT2D eigenvalue weighted by Crippen LogP contribution is 2.18. The van der Waals surface area contributed by atoms with Crippen LogP contribution in [0.15, 0.2) is 24.3 Å². The van der Waals surface area contributed by atoms with Crippen molar-refractivity contribution in [1.82, 2.24) is 0 Å². The smallest absolute Gasteiger partial charge is 0.0396 e. The zero-order chi connectivity index (χ0) is 11.8. The lowest BCUT2D eigenvalue weighted by Crippen LogP contribution is -1.94. The van der Waals surface area contributed by atoms with Gasteiger partial charge >= 0.3 is 0 Å². The first-order chi connectivity index (χ1) is 7.72. The van der Waals surface area contributed by atoms with Gasteiger partial charge in [0, 0.05) is 17.4 Å². The Morgan fingerprint density at radius 3 is 2.31 bits per heavy atom. The molecule has 0 atom stereocenters. The van der Waals surface area contributed by atoms with Gasteiger partial charge in [-0.1, -0.05) is 38.1 Å². The fourth-order valence-electron chi connectivity index (χ4n) is 1.40. The Balaban J connectivity index is 2.40. The highest BCUT2D eigenvalue weighted by molar-refractivity contribution is 7.98. The van der Waals surface area contributed by atoms with Crippen molar-refractivity contribution in [2.75, 3.05) is 11.6 Å². The molecule has 0 aliphatic carbocycles. The number of thioether (sulfide) groups is 2. The maximum atomic E-state index is 5.49. The predicted octanol–water partition coefficient (Wildman–Crippen LogP) is 3.73. The van der Waals surface area contributed by atoms with Crippen LogP contribution in [0.2, 0.25) is 0 Å². The molecule has 3 heteroatoms. The summed E-state index contributed by atoms with van der Waals surface area (Å²) >= 11 is 3.79. The average molecular weight is 255 g/mol. The van der Waals surface area contributed by atoms with Crippen molar-refractivity contribution in [1.29, 1.82) is 0 Å². The lowest BCUT2D eigenvalue weighted by Gasteiger charge is -2.06. The molecule has 0 fully saturated rings. The highest BCUT2D eigenvalue weighted by atomic mass is 32.2. The van der Waals surface area contributed by atoms with Crippen molar-refractivity contribution >= 4 is 23.5 Å². The molecule has 0 aromatic heterocycles. The molecule has 2 N–H and O–H groups in total. The summed E-state index contributed by atoms with van der Waals surface area (Å²) in [7, 11) is 0. The number of nitrogens with two attached hydrogens (primary N) is 1. The first-order valence-electron chi connectivity index (χ1n) is 5.65. The van der Waals surface area contributed by atoms with E-state index in [1.165, 1.54) is 16.9 Å². The van der Waals surface area contributed by atoms with Gasteiger partial charge in [0.2, 0.25) is 0 Å². The van der Waals surface area contributed by atoms with Crippen LogP contribution in [0.1, 0.15) is 25.0 Å². The summed E-state index contributed by atoms with van der Waals surface area (Å²) in [6, 6.07) is 8.84. The maximum absolute atomic E-state index is 5.49. The third-order valence-electron chi connectivity index (χ3n) is 2.10. The summed E-state index contributed by atoms with van der Waals surface area (Å²) in [6.07, 6.45) is 0. The molecule has 0 amide bonds. The monoisotopic (exact) mass is 255 g/mol. The molecule has 90 valence electrons. The molecule has 0 bridgehead atoms. The zero-order valence-electron chi connectivity index (χ0n) is 10.1. The third-order valence-corrected chi connectivity index (χ3v) is 4.31. The van der Waals surface area contributed by atoms with Crippen molar-refractivity contribution in [3.8, 4) is 0 Å². The topological polar surface area (TPSA) is 26.0 Å². The number of rotatable bonds is 7. The maximum Gasteiger partial charge on any atom is 0.0396 e. The van der Waals surface area contributed by atoms with Gasteiger partial charge in [0.15, 0.2) is 0 Å². The lowest BCUT2D eigenvalue weighted by molar-refractivity contribution is 0.750. The summed E-state index contributed by atoms with van der Waals surface area (Å²) in [6.45, 7) is 4.53. The Bertz CT molecular complexity index is 300. The van der Waals surface area contributed by atoms with Gasteiger partial charge in [-0.05, 0) is 22.8 Å². The SMILES string of the molecule is CC(C)CSCc1cccc(CSCN)c1. The van der Waals surface area contributed by atoms with Gasteiger partial charge < -0.3 is 5.73 Å². The quantitative estimate of drug-likeness (QED) is 0.752. The van der Waals surface area contributed by atoms with E-state index in [-0.39, 0.29) is 0 Å². The van der Waals surface area contributed by atoms with Crippen LogP contribution in [0.5, 0.6) is 0 Å². The summed E-state index contributed by atoms with van der Waals surface area (Å²) in [5.74, 6) is 4.87. The van der Waals surface area contributed by atoms with Crippen LogP contribution < -0.4 is 5.73 Å².